The Hall–Kier alpha value is -2.04. The number of para-hydroxylation sites is 1. The van der Waals surface area contributed by atoms with Crippen LogP contribution in [0, 0.1) is 0 Å². The zero-order valence-electron chi connectivity index (χ0n) is 11.5. The maximum absolute atomic E-state index is 11.6. The van der Waals surface area contributed by atoms with Gasteiger partial charge in [0.2, 0.25) is 5.72 Å². The van der Waals surface area contributed by atoms with Gasteiger partial charge in [-0.3, -0.25) is 0 Å². The highest BCUT2D eigenvalue weighted by Gasteiger charge is 2.42. The van der Waals surface area contributed by atoms with Crippen molar-refractivity contribution >= 4 is 23.3 Å². The van der Waals surface area contributed by atoms with E-state index in [9.17, 15) is 15.0 Å². The number of nitrogens with one attached hydrogen (secondary N) is 1. The van der Waals surface area contributed by atoms with Gasteiger partial charge < -0.3 is 15.5 Å². The largest absolute Gasteiger partial charge is 0.478 e. The molecule has 0 aromatic heterocycles. The highest BCUT2D eigenvalue weighted by atomic mass is 35.5. The van der Waals surface area contributed by atoms with E-state index in [0.717, 1.165) is 0 Å². The molecule has 0 aliphatic heterocycles. The molecular weight excluding hydrogens is 290 g/mol. The van der Waals surface area contributed by atoms with E-state index in [0.29, 0.717) is 16.3 Å². The smallest absolute Gasteiger partial charge is 0.357 e. The van der Waals surface area contributed by atoms with Gasteiger partial charge in [-0.2, -0.15) is 0 Å². The summed E-state index contributed by atoms with van der Waals surface area (Å²) in [6.07, 6.45) is 0. The number of hydrogen-bond acceptors (Lipinski definition) is 3. The number of carbonyl (C=O) groups is 1. The molecule has 0 radical (unpaired) electrons. The number of carboxylic acid groups (broad SMARTS) is 1. The topological polar surface area (TPSA) is 69.6 Å². The van der Waals surface area contributed by atoms with Crippen LogP contribution < -0.4 is 5.32 Å². The monoisotopic (exact) mass is 305 g/mol. The van der Waals surface area contributed by atoms with E-state index in [4.69, 9.17) is 11.6 Å². The fraction of sp³-hybridized carbons (Fsp3) is 0.188. The summed E-state index contributed by atoms with van der Waals surface area (Å²) in [6, 6.07) is 15.5. The van der Waals surface area contributed by atoms with Crippen LogP contribution >= 0.6 is 11.6 Å². The Balaban J connectivity index is 2.35. The van der Waals surface area contributed by atoms with Gasteiger partial charge in [0.15, 0.2) is 0 Å². The van der Waals surface area contributed by atoms with E-state index in [2.05, 4.69) is 5.32 Å². The van der Waals surface area contributed by atoms with E-state index in [-0.39, 0.29) is 0 Å². The van der Waals surface area contributed by atoms with Crippen molar-refractivity contribution in [3.63, 3.8) is 0 Å². The van der Waals surface area contributed by atoms with Crippen molar-refractivity contribution in [2.45, 2.75) is 18.6 Å². The van der Waals surface area contributed by atoms with Crippen molar-refractivity contribution in [2.24, 2.45) is 0 Å². The third kappa shape index (κ3) is 3.35. The van der Waals surface area contributed by atoms with Crippen molar-refractivity contribution in [3.05, 3.63) is 65.2 Å². The van der Waals surface area contributed by atoms with Crippen LogP contribution in [0.2, 0.25) is 5.02 Å². The molecule has 2 rings (SSSR count). The molecule has 0 amide bonds. The molecule has 0 bridgehead atoms. The highest BCUT2D eigenvalue weighted by Crippen LogP contribution is 2.31. The Morgan fingerprint density at radius 3 is 2.43 bits per heavy atom. The number of benzene rings is 2. The van der Waals surface area contributed by atoms with Gasteiger partial charge in [-0.25, -0.2) is 4.79 Å². The molecule has 0 aliphatic rings. The first kappa shape index (κ1) is 15.4. The predicted molar refractivity (Wildman–Crippen MR) is 82.5 cm³/mol. The first-order valence-corrected chi connectivity index (χ1v) is 6.86. The molecular formula is C16H16ClNO3. The number of halogens is 1. The Labute approximate surface area is 128 Å². The first-order valence-electron chi connectivity index (χ1n) is 6.48. The SMILES string of the molecule is CC(c1cccc(Cl)c1)C(O)(Nc1ccccc1)C(=O)O. The van der Waals surface area contributed by atoms with E-state index in [1.54, 1.807) is 55.5 Å². The van der Waals surface area contributed by atoms with Crippen molar-refractivity contribution in [2.75, 3.05) is 5.32 Å². The maximum atomic E-state index is 11.6. The standard InChI is InChI=1S/C16H16ClNO3/c1-11(12-6-5-7-13(17)10-12)16(21,15(19)20)18-14-8-3-2-4-9-14/h2-11,18,21H,1H3,(H,19,20). The van der Waals surface area contributed by atoms with Gasteiger partial charge in [0.05, 0.1) is 0 Å². The second kappa shape index (κ2) is 6.16. The van der Waals surface area contributed by atoms with Crippen LogP contribution in [0.3, 0.4) is 0 Å². The summed E-state index contributed by atoms with van der Waals surface area (Å²) < 4.78 is 0. The number of carboxylic acids is 1. The summed E-state index contributed by atoms with van der Waals surface area (Å²) in [5.74, 6) is -2.05. The third-order valence-electron chi connectivity index (χ3n) is 3.41. The molecule has 3 N–H and O–H groups in total. The van der Waals surface area contributed by atoms with Gasteiger partial charge in [-0.15, -0.1) is 0 Å². The molecule has 2 atom stereocenters. The van der Waals surface area contributed by atoms with Crippen LogP contribution in [0.4, 0.5) is 5.69 Å². The molecule has 2 aromatic rings. The maximum Gasteiger partial charge on any atom is 0.357 e. The van der Waals surface area contributed by atoms with Crippen molar-refractivity contribution in [1.82, 2.24) is 0 Å². The number of anilines is 1. The lowest BCUT2D eigenvalue weighted by Gasteiger charge is -2.32. The Kier molecular flexibility index (Phi) is 4.50. The second-order valence-corrected chi connectivity index (χ2v) is 5.28. The number of hydrogen-bond donors (Lipinski definition) is 3. The van der Waals surface area contributed by atoms with Gasteiger partial charge in [0, 0.05) is 16.6 Å². The average Bonchev–Trinajstić information content (AvgIpc) is 2.47. The van der Waals surface area contributed by atoms with Crippen LogP contribution in [-0.2, 0) is 4.79 Å². The minimum Gasteiger partial charge on any atom is -0.478 e. The first-order chi connectivity index (χ1) is 9.93. The van der Waals surface area contributed by atoms with Crippen LogP contribution in [0.1, 0.15) is 18.4 Å². The van der Waals surface area contributed by atoms with Gasteiger partial charge in [-0.05, 0) is 29.8 Å². The van der Waals surface area contributed by atoms with Gasteiger partial charge in [-0.1, -0.05) is 48.9 Å². The second-order valence-electron chi connectivity index (χ2n) is 4.84. The molecule has 0 aliphatic carbocycles. The molecule has 110 valence electrons. The molecule has 21 heavy (non-hydrogen) atoms. The number of aliphatic carboxylic acids is 1. The minimum absolute atomic E-state index is 0.492. The average molecular weight is 306 g/mol. The molecule has 4 nitrogen and oxygen atoms in total. The number of aliphatic hydroxyl groups is 1. The molecule has 0 fully saturated rings. The van der Waals surface area contributed by atoms with E-state index < -0.39 is 17.6 Å². The molecule has 0 saturated heterocycles. The fourth-order valence-corrected chi connectivity index (χ4v) is 2.30. The lowest BCUT2D eigenvalue weighted by atomic mass is 9.89. The fourth-order valence-electron chi connectivity index (χ4n) is 2.11. The van der Waals surface area contributed by atoms with E-state index >= 15 is 0 Å². The van der Waals surface area contributed by atoms with Crippen LogP contribution in [0.15, 0.2) is 54.6 Å². The lowest BCUT2D eigenvalue weighted by molar-refractivity contribution is -0.157. The van der Waals surface area contributed by atoms with Crippen LogP contribution in [0.25, 0.3) is 0 Å². The Bertz CT molecular complexity index is 632. The predicted octanol–water partition coefficient (Wildman–Crippen LogP) is 3.33. The van der Waals surface area contributed by atoms with Gasteiger partial charge in [0.25, 0.3) is 0 Å². The van der Waals surface area contributed by atoms with E-state index in [1.807, 2.05) is 6.07 Å². The van der Waals surface area contributed by atoms with Gasteiger partial charge >= 0.3 is 5.97 Å². The minimum atomic E-state index is -2.13. The van der Waals surface area contributed by atoms with Crippen molar-refractivity contribution in [1.29, 1.82) is 0 Å². The zero-order chi connectivity index (χ0) is 15.5. The quantitative estimate of drug-likeness (QED) is 0.741. The Morgan fingerprint density at radius 1 is 1.19 bits per heavy atom. The summed E-state index contributed by atoms with van der Waals surface area (Å²) in [7, 11) is 0. The summed E-state index contributed by atoms with van der Waals surface area (Å²) in [5.41, 5.74) is -0.974. The summed E-state index contributed by atoms with van der Waals surface area (Å²) >= 11 is 5.93. The molecule has 2 aromatic carbocycles. The third-order valence-corrected chi connectivity index (χ3v) is 3.65. The molecule has 5 heteroatoms. The van der Waals surface area contributed by atoms with Crippen molar-refractivity contribution < 1.29 is 15.0 Å². The van der Waals surface area contributed by atoms with Crippen LogP contribution in [-0.4, -0.2) is 21.9 Å². The Morgan fingerprint density at radius 2 is 1.86 bits per heavy atom. The lowest BCUT2D eigenvalue weighted by Crippen LogP contribution is -2.50. The molecule has 0 saturated carbocycles. The molecule has 0 heterocycles. The van der Waals surface area contributed by atoms with Crippen molar-refractivity contribution in [3.8, 4) is 0 Å². The zero-order valence-corrected chi connectivity index (χ0v) is 12.2. The summed E-state index contributed by atoms with van der Waals surface area (Å²) in [5, 5.41) is 23.2. The number of rotatable bonds is 5. The summed E-state index contributed by atoms with van der Waals surface area (Å²) in [6.45, 7) is 1.63. The van der Waals surface area contributed by atoms with Gasteiger partial charge in [0.1, 0.15) is 0 Å². The van der Waals surface area contributed by atoms with E-state index in [1.165, 1.54) is 0 Å². The molecule has 2 unspecified atom stereocenters. The molecule has 0 spiro atoms. The highest BCUT2D eigenvalue weighted by molar-refractivity contribution is 6.30. The normalized spacial score (nSPS) is 15.0. The van der Waals surface area contributed by atoms with Crippen LogP contribution in [0.5, 0.6) is 0 Å². The summed E-state index contributed by atoms with van der Waals surface area (Å²) in [4.78, 5) is 11.6.